The molecule has 0 aromatic carbocycles. The van der Waals surface area contributed by atoms with Crippen LogP contribution in [0.3, 0.4) is 0 Å². The second kappa shape index (κ2) is 8.02. The van der Waals surface area contributed by atoms with Gasteiger partial charge >= 0.3 is 0 Å². The molecule has 1 aliphatic carbocycles. The maximum atomic E-state index is 12.1. The van der Waals surface area contributed by atoms with Crippen LogP contribution >= 0.6 is 0 Å². The van der Waals surface area contributed by atoms with Gasteiger partial charge in [-0.05, 0) is 62.3 Å². The third-order valence-corrected chi connectivity index (χ3v) is 4.84. The van der Waals surface area contributed by atoms with E-state index in [4.69, 9.17) is 5.73 Å². The van der Waals surface area contributed by atoms with Crippen LogP contribution in [0.25, 0.3) is 0 Å². The Balaban J connectivity index is 2.31. The number of hydrogen-bond acceptors (Lipinski definition) is 2. The molecule has 1 atom stereocenters. The van der Waals surface area contributed by atoms with Gasteiger partial charge in [0.1, 0.15) is 0 Å². The number of amides is 1. The minimum absolute atomic E-state index is 0.232. The van der Waals surface area contributed by atoms with E-state index < -0.39 is 0 Å². The molecule has 20 heavy (non-hydrogen) atoms. The van der Waals surface area contributed by atoms with Crippen molar-refractivity contribution in [2.45, 2.75) is 78.7 Å². The molecule has 0 bridgehead atoms. The number of carbonyl (C=O) groups excluding carboxylic acids is 1. The van der Waals surface area contributed by atoms with Gasteiger partial charge in [0.05, 0.1) is 0 Å². The van der Waals surface area contributed by atoms with E-state index >= 15 is 0 Å². The van der Waals surface area contributed by atoms with Crippen LogP contribution < -0.4 is 11.1 Å². The SMILES string of the molecule is CC1CCC(NC(=O)CCC(CCN)C(C)(C)C)CC1. The lowest BCUT2D eigenvalue weighted by Crippen LogP contribution is -2.37. The Morgan fingerprint density at radius 1 is 1.20 bits per heavy atom. The molecular formula is C17H34N2O. The molecule has 0 aromatic heterocycles. The van der Waals surface area contributed by atoms with Gasteiger partial charge in [0.15, 0.2) is 0 Å². The van der Waals surface area contributed by atoms with Crippen LogP contribution in [0.2, 0.25) is 0 Å². The van der Waals surface area contributed by atoms with Crippen molar-refractivity contribution in [2.24, 2.45) is 23.0 Å². The van der Waals surface area contributed by atoms with Crippen LogP contribution in [0, 0.1) is 17.3 Å². The molecule has 0 aromatic rings. The Kier molecular flexibility index (Phi) is 7.01. The van der Waals surface area contributed by atoms with Crippen LogP contribution in [0.4, 0.5) is 0 Å². The Morgan fingerprint density at radius 3 is 2.30 bits per heavy atom. The summed E-state index contributed by atoms with van der Waals surface area (Å²) in [5, 5.41) is 3.22. The minimum atomic E-state index is 0.232. The van der Waals surface area contributed by atoms with E-state index in [9.17, 15) is 4.79 Å². The fourth-order valence-corrected chi connectivity index (χ4v) is 3.22. The topological polar surface area (TPSA) is 55.1 Å². The fourth-order valence-electron chi connectivity index (χ4n) is 3.22. The second-order valence-electron chi connectivity index (χ2n) is 7.70. The lowest BCUT2D eigenvalue weighted by Gasteiger charge is -2.31. The van der Waals surface area contributed by atoms with Crippen molar-refractivity contribution in [3.8, 4) is 0 Å². The minimum Gasteiger partial charge on any atom is -0.353 e. The first-order chi connectivity index (χ1) is 9.32. The number of nitrogens with one attached hydrogen (secondary N) is 1. The summed E-state index contributed by atoms with van der Waals surface area (Å²) in [5.41, 5.74) is 5.93. The van der Waals surface area contributed by atoms with Gasteiger partial charge in [0.25, 0.3) is 0 Å². The van der Waals surface area contributed by atoms with Crippen molar-refractivity contribution in [3.63, 3.8) is 0 Å². The van der Waals surface area contributed by atoms with Gasteiger partial charge in [0.2, 0.25) is 5.91 Å². The summed E-state index contributed by atoms with van der Waals surface area (Å²) in [4.78, 5) is 12.1. The molecular weight excluding hydrogens is 248 g/mol. The molecule has 0 heterocycles. The quantitative estimate of drug-likeness (QED) is 0.783. The zero-order chi connectivity index (χ0) is 15.2. The Labute approximate surface area is 125 Å². The average Bonchev–Trinajstić information content (AvgIpc) is 2.36. The molecule has 1 unspecified atom stereocenters. The number of rotatable bonds is 6. The molecule has 1 rings (SSSR count). The molecule has 1 saturated carbocycles. The summed E-state index contributed by atoms with van der Waals surface area (Å²) in [6.45, 7) is 9.75. The summed E-state index contributed by atoms with van der Waals surface area (Å²) in [6.07, 6.45) is 7.42. The maximum absolute atomic E-state index is 12.1. The first-order valence-electron chi connectivity index (χ1n) is 8.32. The predicted molar refractivity (Wildman–Crippen MR) is 85.4 cm³/mol. The number of nitrogens with two attached hydrogens (primary N) is 1. The molecule has 1 fully saturated rings. The van der Waals surface area contributed by atoms with E-state index in [0.29, 0.717) is 24.9 Å². The highest BCUT2D eigenvalue weighted by Gasteiger charge is 2.25. The van der Waals surface area contributed by atoms with Gasteiger partial charge in [-0.1, -0.05) is 27.7 Å². The monoisotopic (exact) mass is 282 g/mol. The van der Waals surface area contributed by atoms with Crippen molar-refractivity contribution in [1.29, 1.82) is 0 Å². The van der Waals surface area contributed by atoms with Crippen molar-refractivity contribution < 1.29 is 4.79 Å². The first kappa shape index (κ1) is 17.5. The van der Waals surface area contributed by atoms with Crippen molar-refractivity contribution in [3.05, 3.63) is 0 Å². The van der Waals surface area contributed by atoms with Crippen LogP contribution in [-0.2, 0) is 4.79 Å². The highest BCUT2D eigenvalue weighted by atomic mass is 16.1. The second-order valence-corrected chi connectivity index (χ2v) is 7.70. The molecule has 3 N–H and O–H groups in total. The third kappa shape index (κ3) is 6.25. The fraction of sp³-hybridized carbons (Fsp3) is 0.941. The largest absolute Gasteiger partial charge is 0.353 e. The summed E-state index contributed by atoms with van der Waals surface area (Å²) in [5.74, 6) is 1.60. The number of hydrogen-bond donors (Lipinski definition) is 2. The van der Waals surface area contributed by atoms with Gasteiger partial charge < -0.3 is 11.1 Å². The summed E-state index contributed by atoms with van der Waals surface area (Å²) in [7, 11) is 0. The average molecular weight is 282 g/mol. The standard InChI is InChI=1S/C17H34N2O/c1-13-5-8-15(9-6-13)19-16(20)10-7-14(11-12-18)17(2,3)4/h13-15H,5-12,18H2,1-4H3,(H,19,20). The molecule has 0 aliphatic heterocycles. The van der Waals surface area contributed by atoms with Crippen LogP contribution in [0.15, 0.2) is 0 Å². The van der Waals surface area contributed by atoms with Crippen LogP contribution in [0.5, 0.6) is 0 Å². The van der Waals surface area contributed by atoms with Crippen LogP contribution in [-0.4, -0.2) is 18.5 Å². The molecule has 0 spiro atoms. The molecule has 118 valence electrons. The smallest absolute Gasteiger partial charge is 0.220 e. The first-order valence-corrected chi connectivity index (χ1v) is 8.32. The summed E-state index contributed by atoms with van der Waals surface area (Å²) >= 11 is 0. The van der Waals surface area contributed by atoms with Crippen molar-refractivity contribution >= 4 is 5.91 Å². The molecule has 0 radical (unpaired) electrons. The molecule has 3 nitrogen and oxygen atoms in total. The van der Waals surface area contributed by atoms with Crippen LogP contribution in [0.1, 0.15) is 72.6 Å². The van der Waals surface area contributed by atoms with E-state index in [1.54, 1.807) is 0 Å². The highest BCUT2D eigenvalue weighted by Crippen LogP contribution is 2.32. The summed E-state index contributed by atoms with van der Waals surface area (Å²) < 4.78 is 0. The normalized spacial score (nSPS) is 25.2. The van der Waals surface area contributed by atoms with E-state index in [1.807, 2.05) is 0 Å². The Morgan fingerprint density at radius 2 is 1.80 bits per heavy atom. The van der Waals surface area contributed by atoms with Gasteiger partial charge in [0, 0.05) is 12.5 Å². The lowest BCUT2D eigenvalue weighted by atomic mass is 9.76. The van der Waals surface area contributed by atoms with Gasteiger partial charge in [-0.2, -0.15) is 0 Å². The van der Waals surface area contributed by atoms with Crippen molar-refractivity contribution in [2.75, 3.05) is 6.54 Å². The maximum Gasteiger partial charge on any atom is 0.220 e. The number of carbonyl (C=O) groups is 1. The van der Waals surface area contributed by atoms with Crippen molar-refractivity contribution in [1.82, 2.24) is 5.32 Å². The molecule has 1 amide bonds. The van der Waals surface area contributed by atoms with Gasteiger partial charge in [-0.3, -0.25) is 4.79 Å². The summed E-state index contributed by atoms with van der Waals surface area (Å²) in [6, 6.07) is 0.418. The zero-order valence-corrected chi connectivity index (χ0v) is 13.9. The molecule has 1 aliphatic rings. The highest BCUT2D eigenvalue weighted by molar-refractivity contribution is 5.76. The van der Waals surface area contributed by atoms with Gasteiger partial charge in [-0.25, -0.2) is 0 Å². The third-order valence-electron chi connectivity index (χ3n) is 4.84. The van der Waals surface area contributed by atoms with E-state index in [0.717, 1.165) is 31.6 Å². The predicted octanol–water partition coefficient (Wildman–Crippen LogP) is 3.47. The van der Waals surface area contributed by atoms with E-state index in [-0.39, 0.29) is 11.3 Å². The Bertz CT molecular complexity index is 288. The van der Waals surface area contributed by atoms with E-state index in [1.165, 1.54) is 12.8 Å². The van der Waals surface area contributed by atoms with Gasteiger partial charge in [-0.15, -0.1) is 0 Å². The Hall–Kier alpha value is -0.570. The molecule has 3 heteroatoms. The lowest BCUT2D eigenvalue weighted by molar-refractivity contribution is -0.122. The molecule has 0 saturated heterocycles. The zero-order valence-electron chi connectivity index (χ0n) is 13.9. The van der Waals surface area contributed by atoms with E-state index in [2.05, 4.69) is 33.0 Å².